The Kier molecular flexibility index (Phi) is 5.53. The molecule has 1 amide bonds. The van der Waals surface area contributed by atoms with Gasteiger partial charge in [0.15, 0.2) is 9.84 Å². The van der Waals surface area contributed by atoms with Gasteiger partial charge in [-0.05, 0) is 18.2 Å². The Morgan fingerprint density at radius 2 is 1.83 bits per heavy atom. The number of carbonyl (C=O) groups is 1. The summed E-state index contributed by atoms with van der Waals surface area (Å²) in [5, 5.41) is 13.1. The molecule has 0 heterocycles. The minimum absolute atomic E-state index is 0.00321. The van der Waals surface area contributed by atoms with Crippen LogP contribution < -0.4 is 5.32 Å². The zero-order valence-corrected chi connectivity index (χ0v) is 13.9. The third-order valence-electron chi connectivity index (χ3n) is 3.14. The van der Waals surface area contributed by atoms with E-state index in [1.54, 1.807) is 18.2 Å². The fourth-order valence-corrected chi connectivity index (χ4v) is 3.39. The van der Waals surface area contributed by atoms with Gasteiger partial charge in [0, 0.05) is 18.6 Å². The minimum Gasteiger partial charge on any atom is -0.325 e. The van der Waals surface area contributed by atoms with Gasteiger partial charge in [-0.25, -0.2) is 8.42 Å². The van der Waals surface area contributed by atoms with Crippen LogP contribution in [0, 0.1) is 10.1 Å². The van der Waals surface area contributed by atoms with E-state index in [1.165, 1.54) is 24.3 Å². The quantitative estimate of drug-likeness (QED) is 0.623. The fraction of sp³-hybridized carbons (Fsp3) is 0.133. The van der Waals surface area contributed by atoms with Crippen molar-refractivity contribution in [2.24, 2.45) is 0 Å². The number of benzene rings is 2. The molecule has 0 bridgehead atoms. The lowest BCUT2D eigenvalue weighted by Gasteiger charge is -2.08. The molecule has 0 saturated carbocycles. The standard InChI is InChI=1S/C15H13ClN2O5S/c16-13-10-11(18(20)21)6-7-14(13)17-15(19)8-9-24(22,23)12-4-2-1-3-5-12/h1-7,10H,8-9H2,(H,17,19). The number of hydrogen-bond acceptors (Lipinski definition) is 5. The Morgan fingerprint density at radius 3 is 2.42 bits per heavy atom. The van der Waals surface area contributed by atoms with Gasteiger partial charge in [-0.3, -0.25) is 14.9 Å². The topological polar surface area (TPSA) is 106 Å². The summed E-state index contributed by atoms with van der Waals surface area (Å²) in [4.78, 5) is 22.1. The lowest BCUT2D eigenvalue weighted by atomic mass is 10.2. The molecule has 1 N–H and O–H groups in total. The SMILES string of the molecule is O=C(CCS(=O)(=O)c1ccccc1)Nc1ccc([N+](=O)[O-])cc1Cl. The molecule has 2 aromatic carbocycles. The highest BCUT2D eigenvalue weighted by atomic mass is 35.5. The molecule has 2 aromatic rings. The molecule has 2 rings (SSSR count). The van der Waals surface area contributed by atoms with Crippen molar-refractivity contribution in [1.29, 1.82) is 0 Å². The molecule has 24 heavy (non-hydrogen) atoms. The molecule has 0 spiro atoms. The van der Waals surface area contributed by atoms with E-state index in [0.717, 1.165) is 6.07 Å². The van der Waals surface area contributed by atoms with Gasteiger partial charge >= 0.3 is 0 Å². The number of sulfone groups is 1. The van der Waals surface area contributed by atoms with Crippen LogP contribution in [0.5, 0.6) is 0 Å². The first-order valence-corrected chi connectivity index (χ1v) is 8.84. The number of nitrogens with zero attached hydrogens (tertiary/aromatic N) is 1. The first-order chi connectivity index (χ1) is 11.3. The number of halogens is 1. The summed E-state index contributed by atoms with van der Waals surface area (Å²) >= 11 is 5.87. The number of hydrogen-bond donors (Lipinski definition) is 1. The van der Waals surface area contributed by atoms with Crippen molar-refractivity contribution in [2.75, 3.05) is 11.1 Å². The van der Waals surface area contributed by atoms with Crippen LogP contribution in [-0.2, 0) is 14.6 Å². The maximum Gasteiger partial charge on any atom is 0.271 e. The maximum atomic E-state index is 12.1. The molecular weight excluding hydrogens is 356 g/mol. The molecule has 0 saturated heterocycles. The first-order valence-electron chi connectivity index (χ1n) is 6.81. The van der Waals surface area contributed by atoms with E-state index >= 15 is 0 Å². The molecule has 0 aliphatic rings. The number of nitrogens with one attached hydrogen (secondary N) is 1. The van der Waals surface area contributed by atoms with Gasteiger partial charge in [0.05, 0.1) is 26.3 Å². The van der Waals surface area contributed by atoms with Gasteiger partial charge in [-0.15, -0.1) is 0 Å². The molecule has 0 aromatic heterocycles. The van der Waals surface area contributed by atoms with Crippen LogP contribution in [0.2, 0.25) is 5.02 Å². The van der Waals surface area contributed by atoms with E-state index in [1.807, 2.05) is 0 Å². The lowest BCUT2D eigenvalue weighted by Crippen LogP contribution is -2.17. The number of non-ortho nitro benzene ring substituents is 1. The van der Waals surface area contributed by atoms with E-state index < -0.39 is 20.7 Å². The largest absolute Gasteiger partial charge is 0.325 e. The van der Waals surface area contributed by atoms with Crippen molar-refractivity contribution < 1.29 is 18.1 Å². The van der Waals surface area contributed by atoms with E-state index in [2.05, 4.69) is 5.32 Å². The van der Waals surface area contributed by atoms with Crippen LogP contribution in [-0.4, -0.2) is 25.0 Å². The van der Waals surface area contributed by atoms with Gasteiger partial charge in [0.1, 0.15) is 0 Å². The molecule has 9 heteroatoms. The number of anilines is 1. The van der Waals surface area contributed by atoms with Crippen molar-refractivity contribution in [1.82, 2.24) is 0 Å². The summed E-state index contributed by atoms with van der Waals surface area (Å²) in [6, 6.07) is 11.4. The lowest BCUT2D eigenvalue weighted by molar-refractivity contribution is -0.384. The number of nitro benzene ring substituents is 1. The molecule has 126 valence electrons. The molecular formula is C15H13ClN2O5S. The molecule has 0 fully saturated rings. The highest BCUT2D eigenvalue weighted by Gasteiger charge is 2.17. The van der Waals surface area contributed by atoms with Crippen molar-refractivity contribution in [3.8, 4) is 0 Å². The molecule has 7 nitrogen and oxygen atoms in total. The van der Waals surface area contributed by atoms with Crippen molar-refractivity contribution in [2.45, 2.75) is 11.3 Å². The van der Waals surface area contributed by atoms with Crippen LogP contribution in [0.3, 0.4) is 0 Å². The summed E-state index contributed by atoms with van der Waals surface area (Å²) in [5.74, 6) is -0.904. The maximum absolute atomic E-state index is 12.1. The monoisotopic (exact) mass is 368 g/mol. The highest BCUT2D eigenvalue weighted by molar-refractivity contribution is 7.91. The second kappa shape index (κ2) is 7.41. The summed E-state index contributed by atoms with van der Waals surface area (Å²) in [6.07, 6.45) is -0.259. The zero-order chi connectivity index (χ0) is 17.7. The number of amides is 1. The van der Waals surface area contributed by atoms with Crippen molar-refractivity contribution in [3.63, 3.8) is 0 Å². The third-order valence-corrected chi connectivity index (χ3v) is 5.18. The van der Waals surface area contributed by atoms with Gasteiger partial charge in [0.2, 0.25) is 5.91 Å². The smallest absolute Gasteiger partial charge is 0.271 e. The summed E-state index contributed by atoms with van der Waals surface area (Å²) in [5.41, 5.74) is -0.0194. The summed E-state index contributed by atoms with van der Waals surface area (Å²) in [7, 11) is -3.56. The van der Waals surface area contributed by atoms with Gasteiger partial charge in [-0.2, -0.15) is 0 Å². The average molecular weight is 369 g/mol. The second-order valence-electron chi connectivity index (χ2n) is 4.85. The first kappa shape index (κ1) is 17.9. The van der Waals surface area contributed by atoms with Gasteiger partial charge < -0.3 is 5.32 Å². The predicted molar refractivity (Wildman–Crippen MR) is 89.8 cm³/mol. The van der Waals surface area contributed by atoms with Crippen LogP contribution in [0.25, 0.3) is 0 Å². The number of nitro groups is 1. The van der Waals surface area contributed by atoms with Crippen LogP contribution in [0.4, 0.5) is 11.4 Å². The molecule has 0 aliphatic heterocycles. The van der Waals surface area contributed by atoms with E-state index in [4.69, 9.17) is 11.6 Å². The predicted octanol–water partition coefficient (Wildman–Crippen LogP) is 3.05. The fourth-order valence-electron chi connectivity index (χ4n) is 1.90. The third kappa shape index (κ3) is 4.53. The Bertz CT molecular complexity index is 869. The van der Waals surface area contributed by atoms with Gasteiger partial charge in [-0.1, -0.05) is 29.8 Å². The average Bonchev–Trinajstić information content (AvgIpc) is 2.55. The van der Waals surface area contributed by atoms with E-state index in [-0.39, 0.29) is 33.5 Å². The van der Waals surface area contributed by atoms with E-state index in [9.17, 15) is 23.3 Å². The number of rotatable bonds is 6. The minimum atomic E-state index is -3.56. The van der Waals surface area contributed by atoms with E-state index in [0.29, 0.717) is 0 Å². The number of carbonyl (C=O) groups excluding carboxylic acids is 1. The second-order valence-corrected chi connectivity index (χ2v) is 7.37. The Labute approximate surface area is 143 Å². The normalized spacial score (nSPS) is 11.0. The Hall–Kier alpha value is -2.45. The Morgan fingerprint density at radius 1 is 1.17 bits per heavy atom. The highest BCUT2D eigenvalue weighted by Crippen LogP contribution is 2.26. The van der Waals surface area contributed by atoms with Crippen LogP contribution >= 0.6 is 11.6 Å². The van der Waals surface area contributed by atoms with Crippen LogP contribution in [0.15, 0.2) is 53.4 Å². The van der Waals surface area contributed by atoms with Crippen LogP contribution in [0.1, 0.15) is 6.42 Å². The Balaban J connectivity index is 2.00. The van der Waals surface area contributed by atoms with Crippen molar-refractivity contribution in [3.05, 3.63) is 63.7 Å². The molecule has 0 atom stereocenters. The summed E-state index contributed by atoms with van der Waals surface area (Å²) in [6.45, 7) is 0. The molecule has 0 aliphatic carbocycles. The summed E-state index contributed by atoms with van der Waals surface area (Å²) < 4.78 is 24.2. The molecule has 0 unspecified atom stereocenters. The zero-order valence-electron chi connectivity index (χ0n) is 12.3. The van der Waals surface area contributed by atoms with Crippen molar-refractivity contribution >= 4 is 38.7 Å². The van der Waals surface area contributed by atoms with Gasteiger partial charge in [0.25, 0.3) is 5.69 Å². The molecule has 0 radical (unpaired) electrons.